The Hall–Kier alpha value is -2.85. The average Bonchev–Trinajstić information content (AvgIpc) is 3.32. The first-order valence-electron chi connectivity index (χ1n) is 9.69. The van der Waals surface area contributed by atoms with E-state index in [0.717, 1.165) is 36.0 Å². The molecule has 0 aliphatic heterocycles. The summed E-state index contributed by atoms with van der Waals surface area (Å²) in [5.41, 5.74) is 3.19. The Kier molecular flexibility index (Phi) is 5.58. The van der Waals surface area contributed by atoms with E-state index in [9.17, 15) is 4.79 Å². The smallest absolute Gasteiger partial charge is 0.268 e. The van der Waals surface area contributed by atoms with Crippen molar-refractivity contribution in [3.63, 3.8) is 0 Å². The minimum Gasteiger partial charge on any atom is -0.344 e. The van der Waals surface area contributed by atoms with Gasteiger partial charge in [-0.2, -0.15) is 0 Å². The second kappa shape index (κ2) is 8.44. The Balaban J connectivity index is 1.51. The van der Waals surface area contributed by atoms with Crippen LogP contribution in [0.3, 0.4) is 0 Å². The highest BCUT2D eigenvalue weighted by atomic mass is 32.1. The number of amides is 1. The van der Waals surface area contributed by atoms with Gasteiger partial charge in [0.2, 0.25) is 0 Å². The summed E-state index contributed by atoms with van der Waals surface area (Å²) in [7, 11) is 0. The zero-order chi connectivity index (χ0) is 19.3. The number of aryl methyl sites for hydroxylation is 2. The quantitative estimate of drug-likeness (QED) is 0.425. The lowest BCUT2D eigenvalue weighted by atomic mass is 10.1. The first kappa shape index (κ1) is 18.5. The van der Waals surface area contributed by atoms with E-state index in [1.54, 1.807) is 11.3 Å². The first-order chi connectivity index (χ1) is 13.7. The molecule has 0 bridgehead atoms. The molecule has 4 aromatic rings. The van der Waals surface area contributed by atoms with E-state index in [1.165, 1.54) is 10.4 Å². The summed E-state index contributed by atoms with van der Waals surface area (Å²) in [6.07, 6.45) is 2.01. The van der Waals surface area contributed by atoms with Gasteiger partial charge in [-0.1, -0.05) is 60.7 Å². The van der Waals surface area contributed by atoms with Crippen molar-refractivity contribution in [3.05, 3.63) is 95.0 Å². The Bertz CT molecular complexity index is 1050. The van der Waals surface area contributed by atoms with Crippen LogP contribution in [-0.4, -0.2) is 10.5 Å². The number of thiophene rings is 1. The van der Waals surface area contributed by atoms with Crippen LogP contribution in [-0.2, 0) is 13.0 Å². The fourth-order valence-corrected chi connectivity index (χ4v) is 4.49. The van der Waals surface area contributed by atoms with Crippen LogP contribution >= 0.6 is 11.3 Å². The summed E-state index contributed by atoms with van der Waals surface area (Å²) in [4.78, 5) is 14.2. The SMILES string of the molecule is CC(NC(=O)c1cc2ccsc2n1CCCc1ccccc1)c1ccccc1. The van der Waals surface area contributed by atoms with Crippen LogP contribution in [0.15, 0.2) is 78.2 Å². The molecular weight excluding hydrogens is 364 g/mol. The molecule has 0 fully saturated rings. The van der Waals surface area contributed by atoms with Crippen LogP contribution in [0.5, 0.6) is 0 Å². The van der Waals surface area contributed by atoms with E-state index < -0.39 is 0 Å². The van der Waals surface area contributed by atoms with Crippen LogP contribution in [0.1, 0.15) is 41.0 Å². The third-order valence-electron chi connectivity index (χ3n) is 5.07. The molecule has 0 spiro atoms. The van der Waals surface area contributed by atoms with Gasteiger partial charge in [0, 0.05) is 11.9 Å². The van der Waals surface area contributed by atoms with E-state index in [0.29, 0.717) is 0 Å². The average molecular weight is 389 g/mol. The monoisotopic (exact) mass is 388 g/mol. The Morgan fingerprint density at radius 3 is 2.50 bits per heavy atom. The zero-order valence-corrected chi connectivity index (χ0v) is 16.8. The van der Waals surface area contributed by atoms with Gasteiger partial charge in [0.1, 0.15) is 10.5 Å². The summed E-state index contributed by atoms with van der Waals surface area (Å²) < 4.78 is 2.18. The van der Waals surface area contributed by atoms with Crippen molar-refractivity contribution in [2.24, 2.45) is 0 Å². The molecule has 142 valence electrons. The third kappa shape index (κ3) is 4.02. The van der Waals surface area contributed by atoms with Crippen molar-refractivity contribution in [1.82, 2.24) is 9.88 Å². The summed E-state index contributed by atoms with van der Waals surface area (Å²) in [5.74, 6) is -0.0144. The molecule has 0 saturated carbocycles. The summed E-state index contributed by atoms with van der Waals surface area (Å²) in [6, 6.07) is 24.7. The van der Waals surface area contributed by atoms with Crippen molar-refractivity contribution >= 4 is 27.5 Å². The molecule has 28 heavy (non-hydrogen) atoms. The minimum atomic E-state index is -0.0283. The number of hydrogen-bond donors (Lipinski definition) is 1. The van der Waals surface area contributed by atoms with Crippen LogP contribution in [0, 0.1) is 0 Å². The van der Waals surface area contributed by atoms with Crippen molar-refractivity contribution < 1.29 is 4.79 Å². The number of rotatable bonds is 7. The Morgan fingerprint density at radius 2 is 1.75 bits per heavy atom. The molecular formula is C24H24N2OS. The van der Waals surface area contributed by atoms with Gasteiger partial charge in [0.05, 0.1) is 6.04 Å². The summed E-state index contributed by atoms with van der Waals surface area (Å²) >= 11 is 1.70. The van der Waals surface area contributed by atoms with Crippen molar-refractivity contribution in [2.45, 2.75) is 32.4 Å². The normalized spacial score (nSPS) is 12.2. The molecule has 0 radical (unpaired) electrons. The van der Waals surface area contributed by atoms with Gasteiger partial charge in [0.15, 0.2) is 0 Å². The maximum absolute atomic E-state index is 13.0. The number of nitrogens with zero attached hydrogens (tertiary/aromatic N) is 1. The van der Waals surface area contributed by atoms with E-state index in [2.05, 4.69) is 45.6 Å². The van der Waals surface area contributed by atoms with Gasteiger partial charge >= 0.3 is 0 Å². The van der Waals surface area contributed by atoms with Gasteiger partial charge in [-0.25, -0.2) is 0 Å². The summed E-state index contributed by atoms with van der Waals surface area (Å²) in [6.45, 7) is 2.86. The van der Waals surface area contributed by atoms with Crippen LogP contribution < -0.4 is 5.32 Å². The third-order valence-corrected chi connectivity index (χ3v) is 6.02. The molecule has 0 saturated heterocycles. The minimum absolute atomic E-state index is 0.0144. The number of fused-ring (bicyclic) bond motifs is 1. The maximum Gasteiger partial charge on any atom is 0.268 e. The lowest BCUT2D eigenvalue weighted by Gasteiger charge is -2.16. The molecule has 2 aromatic carbocycles. The van der Waals surface area contributed by atoms with Crippen molar-refractivity contribution in [3.8, 4) is 0 Å². The van der Waals surface area contributed by atoms with Crippen LogP contribution in [0.4, 0.5) is 0 Å². The standard InChI is InChI=1S/C24H24N2OS/c1-18(20-12-6-3-7-13-20)25-23(27)22-17-21-14-16-28-24(21)26(22)15-8-11-19-9-4-2-5-10-19/h2-7,9-10,12-14,16-18H,8,11,15H2,1H3,(H,25,27). The van der Waals surface area contributed by atoms with Gasteiger partial charge in [0.25, 0.3) is 5.91 Å². The molecule has 0 aliphatic rings. The van der Waals surface area contributed by atoms with Crippen molar-refractivity contribution in [2.75, 3.05) is 0 Å². The van der Waals surface area contributed by atoms with Crippen LogP contribution in [0.25, 0.3) is 10.2 Å². The molecule has 0 aliphatic carbocycles. The molecule has 1 atom stereocenters. The lowest BCUT2D eigenvalue weighted by molar-refractivity contribution is 0.0931. The first-order valence-corrected chi connectivity index (χ1v) is 10.6. The highest BCUT2D eigenvalue weighted by Gasteiger charge is 2.18. The molecule has 1 unspecified atom stereocenters. The van der Waals surface area contributed by atoms with Crippen LogP contribution in [0.2, 0.25) is 0 Å². The van der Waals surface area contributed by atoms with E-state index in [4.69, 9.17) is 0 Å². The second-order valence-corrected chi connectivity index (χ2v) is 7.95. The largest absolute Gasteiger partial charge is 0.344 e. The molecule has 2 heterocycles. The van der Waals surface area contributed by atoms with Gasteiger partial charge in [-0.3, -0.25) is 4.79 Å². The lowest BCUT2D eigenvalue weighted by Crippen LogP contribution is -2.28. The molecule has 3 nitrogen and oxygen atoms in total. The predicted octanol–water partition coefficient (Wildman–Crippen LogP) is 5.83. The number of hydrogen-bond acceptors (Lipinski definition) is 2. The van der Waals surface area contributed by atoms with E-state index >= 15 is 0 Å². The number of carbonyl (C=O) groups excluding carboxylic acids is 1. The number of nitrogens with one attached hydrogen (secondary N) is 1. The number of benzene rings is 2. The zero-order valence-electron chi connectivity index (χ0n) is 16.0. The number of aromatic nitrogens is 1. The van der Waals surface area contributed by atoms with Gasteiger partial charge in [-0.05, 0) is 48.4 Å². The Morgan fingerprint density at radius 1 is 1.04 bits per heavy atom. The topological polar surface area (TPSA) is 34.0 Å². The van der Waals surface area contributed by atoms with Crippen molar-refractivity contribution in [1.29, 1.82) is 0 Å². The molecule has 4 rings (SSSR count). The second-order valence-electron chi connectivity index (χ2n) is 7.06. The maximum atomic E-state index is 13.0. The molecule has 2 aromatic heterocycles. The molecule has 1 N–H and O–H groups in total. The highest BCUT2D eigenvalue weighted by molar-refractivity contribution is 7.16. The summed E-state index contributed by atoms with van der Waals surface area (Å²) in [5, 5.41) is 6.39. The fourth-order valence-electron chi connectivity index (χ4n) is 3.57. The van der Waals surface area contributed by atoms with Gasteiger partial charge in [-0.15, -0.1) is 11.3 Å². The van der Waals surface area contributed by atoms with E-state index in [-0.39, 0.29) is 11.9 Å². The Labute approximate surface area is 169 Å². The number of carbonyl (C=O) groups is 1. The molecule has 4 heteroatoms. The van der Waals surface area contributed by atoms with Gasteiger partial charge < -0.3 is 9.88 Å². The molecule has 1 amide bonds. The highest BCUT2D eigenvalue weighted by Crippen LogP contribution is 2.26. The predicted molar refractivity (Wildman–Crippen MR) is 117 cm³/mol. The fraction of sp³-hybridized carbons (Fsp3) is 0.208. The van der Waals surface area contributed by atoms with E-state index in [1.807, 2.05) is 49.4 Å².